The largest absolute Gasteiger partial charge is 0.494 e. The Balaban J connectivity index is 3.29. The fourth-order valence-corrected chi connectivity index (χ4v) is 0.848. The van der Waals surface area contributed by atoms with Gasteiger partial charge in [0.25, 0.3) is 5.88 Å². The Bertz CT molecular complexity index is 304. The lowest BCUT2D eigenvalue weighted by Crippen LogP contribution is -2.06. The van der Waals surface area contributed by atoms with Gasteiger partial charge in [-0.25, -0.2) is 4.79 Å². The van der Waals surface area contributed by atoms with Crippen LogP contribution >= 0.6 is 0 Å². The number of carboxylic acid groups (broad SMARTS) is 1. The smallest absolute Gasteiger partial charge is 0.345 e. The molecule has 13 heavy (non-hydrogen) atoms. The molecule has 6 heteroatoms. The molecule has 1 heterocycles. The zero-order chi connectivity index (χ0) is 9.84. The number of rotatable bonds is 3. The molecule has 0 aliphatic heterocycles. The van der Waals surface area contributed by atoms with E-state index < -0.39 is 5.97 Å². The number of aromatic carboxylic acids is 1. The molecule has 0 atom stereocenters. The molecule has 6 nitrogen and oxygen atoms in total. The SMILES string of the molecule is COc1cnnc(OC)c1C(=O)O. The molecule has 0 bridgehead atoms. The maximum atomic E-state index is 10.7. The van der Waals surface area contributed by atoms with Crippen molar-refractivity contribution < 1.29 is 19.4 Å². The van der Waals surface area contributed by atoms with E-state index in [2.05, 4.69) is 10.2 Å². The molecule has 0 unspecified atom stereocenters. The van der Waals surface area contributed by atoms with Crippen LogP contribution in [-0.2, 0) is 0 Å². The maximum Gasteiger partial charge on any atom is 0.345 e. The Morgan fingerprint density at radius 3 is 2.62 bits per heavy atom. The molecule has 0 aromatic carbocycles. The van der Waals surface area contributed by atoms with Crippen molar-refractivity contribution in [3.63, 3.8) is 0 Å². The van der Waals surface area contributed by atoms with Gasteiger partial charge in [0.1, 0.15) is 0 Å². The molecular formula is C7H8N2O4. The van der Waals surface area contributed by atoms with E-state index in [1.165, 1.54) is 20.4 Å². The van der Waals surface area contributed by atoms with Gasteiger partial charge in [0.15, 0.2) is 11.3 Å². The van der Waals surface area contributed by atoms with Crippen LogP contribution in [-0.4, -0.2) is 35.5 Å². The molecule has 1 aromatic rings. The standard InChI is InChI=1S/C7H8N2O4/c1-12-4-3-8-9-6(13-2)5(4)7(10)11/h3H,1-2H3,(H,10,11). The fourth-order valence-electron chi connectivity index (χ4n) is 0.848. The van der Waals surface area contributed by atoms with Gasteiger partial charge < -0.3 is 14.6 Å². The average Bonchev–Trinajstić information content (AvgIpc) is 2.16. The lowest BCUT2D eigenvalue weighted by molar-refractivity contribution is 0.0688. The Hall–Kier alpha value is -1.85. The maximum absolute atomic E-state index is 10.7. The molecule has 70 valence electrons. The van der Waals surface area contributed by atoms with Crippen molar-refractivity contribution in [1.82, 2.24) is 10.2 Å². The molecule has 0 fully saturated rings. The van der Waals surface area contributed by atoms with E-state index >= 15 is 0 Å². The van der Waals surface area contributed by atoms with Crippen molar-refractivity contribution in [2.75, 3.05) is 14.2 Å². The highest BCUT2D eigenvalue weighted by Crippen LogP contribution is 2.23. The van der Waals surface area contributed by atoms with E-state index in [9.17, 15) is 4.79 Å². The number of carboxylic acids is 1. The predicted molar refractivity (Wildman–Crippen MR) is 42.1 cm³/mol. The van der Waals surface area contributed by atoms with E-state index in [-0.39, 0.29) is 17.2 Å². The lowest BCUT2D eigenvalue weighted by atomic mass is 10.3. The summed E-state index contributed by atoms with van der Waals surface area (Å²) in [7, 11) is 2.67. The summed E-state index contributed by atoms with van der Waals surface area (Å²) in [5.74, 6) is -1.10. The first kappa shape index (κ1) is 9.24. The van der Waals surface area contributed by atoms with Crippen LogP contribution in [0.2, 0.25) is 0 Å². The van der Waals surface area contributed by atoms with Gasteiger partial charge in [0.05, 0.1) is 20.4 Å². The Labute approximate surface area is 74.1 Å². The van der Waals surface area contributed by atoms with E-state index in [0.717, 1.165) is 0 Å². The molecule has 0 radical (unpaired) electrons. The minimum absolute atomic E-state index is 0.0631. The third-order valence-corrected chi connectivity index (χ3v) is 1.41. The zero-order valence-corrected chi connectivity index (χ0v) is 7.14. The van der Waals surface area contributed by atoms with Gasteiger partial charge in [-0.3, -0.25) is 0 Å². The number of nitrogens with zero attached hydrogens (tertiary/aromatic N) is 2. The first-order valence-corrected chi connectivity index (χ1v) is 3.37. The van der Waals surface area contributed by atoms with Gasteiger partial charge in [-0.15, -0.1) is 5.10 Å². The second-order valence-electron chi connectivity index (χ2n) is 2.10. The summed E-state index contributed by atoms with van der Waals surface area (Å²) < 4.78 is 9.50. The lowest BCUT2D eigenvalue weighted by Gasteiger charge is -2.06. The average molecular weight is 184 g/mol. The number of hydrogen-bond donors (Lipinski definition) is 1. The van der Waals surface area contributed by atoms with E-state index in [0.29, 0.717) is 0 Å². The minimum Gasteiger partial charge on any atom is -0.494 e. The topological polar surface area (TPSA) is 81.5 Å². The second kappa shape index (κ2) is 3.70. The van der Waals surface area contributed by atoms with Gasteiger partial charge in [0.2, 0.25) is 0 Å². The second-order valence-corrected chi connectivity index (χ2v) is 2.10. The quantitative estimate of drug-likeness (QED) is 0.722. The molecule has 0 saturated carbocycles. The highest BCUT2D eigenvalue weighted by Gasteiger charge is 2.18. The number of ether oxygens (including phenoxy) is 2. The van der Waals surface area contributed by atoms with Crippen molar-refractivity contribution in [1.29, 1.82) is 0 Å². The van der Waals surface area contributed by atoms with E-state index in [1.807, 2.05) is 0 Å². The van der Waals surface area contributed by atoms with Gasteiger partial charge >= 0.3 is 5.97 Å². The van der Waals surface area contributed by atoms with Crippen molar-refractivity contribution in [2.45, 2.75) is 0 Å². The number of carbonyl (C=O) groups is 1. The predicted octanol–water partition coefficient (Wildman–Crippen LogP) is 0.192. The fraction of sp³-hybridized carbons (Fsp3) is 0.286. The third kappa shape index (κ3) is 1.66. The molecule has 0 saturated heterocycles. The van der Waals surface area contributed by atoms with Crippen molar-refractivity contribution in [3.8, 4) is 11.6 Å². The first-order valence-electron chi connectivity index (χ1n) is 3.37. The molecular weight excluding hydrogens is 176 g/mol. The molecule has 1 aromatic heterocycles. The van der Waals surface area contributed by atoms with Crippen molar-refractivity contribution in [3.05, 3.63) is 11.8 Å². The van der Waals surface area contributed by atoms with E-state index in [1.54, 1.807) is 0 Å². The van der Waals surface area contributed by atoms with Crippen LogP contribution in [0, 0.1) is 0 Å². The van der Waals surface area contributed by atoms with Crippen LogP contribution in [0.4, 0.5) is 0 Å². The normalized spacial score (nSPS) is 9.38. The van der Waals surface area contributed by atoms with Crippen LogP contribution in [0.5, 0.6) is 11.6 Å². The number of aromatic nitrogens is 2. The Morgan fingerprint density at radius 2 is 2.15 bits per heavy atom. The zero-order valence-electron chi connectivity index (χ0n) is 7.14. The highest BCUT2D eigenvalue weighted by molar-refractivity contribution is 5.93. The third-order valence-electron chi connectivity index (χ3n) is 1.41. The Kier molecular flexibility index (Phi) is 2.63. The highest BCUT2D eigenvalue weighted by atomic mass is 16.5. The monoisotopic (exact) mass is 184 g/mol. The molecule has 0 aliphatic rings. The minimum atomic E-state index is -1.16. The molecule has 0 spiro atoms. The van der Waals surface area contributed by atoms with Crippen molar-refractivity contribution >= 4 is 5.97 Å². The summed E-state index contributed by atoms with van der Waals surface area (Å²) >= 11 is 0. The summed E-state index contributed by atoms with van der Waals surface area (Å²) in [5, 5.41) is 15.8. The summed E-state index contributed by atoms with van der Waals surface area (Å²) in [6.45, 7) is 0. The summed E-state index contributed by atoms with van der Waals surface area (Å²) in [6, 6.07) is 0. The molecule has 0 amide bonds. The number of hydrogen-bond acceptors (Lipinski definition) is 5. The van der Waals surface area contributed by atoms with Gasteiger partial charge in [-0.05, 0) is 0 Å². The van der Waals surface area contributed by atoms with Crippen LogP contribution in [0.1, 0.15) is 10.4 Å². The van der Waals surface area contributed by atoms with E-state index in [4.69, 9.17) is 14.6 Å². The van der Waals surface area contributed by atoms with Crippen LogP contribution in [0.15, 0.2) is 6.20 Å². The van der Waals surface area contributed by atoms with Gasteiger partial charge in [-0.2, -0.15) is 5.10 Å². The first-order chi connectivity index (χ1) is 6.20. The van der Waals surface area contributed by atoms with Crippen LogP contribution in [0.25, 0.3) is 0 Å². The summed E-state index contributed by atoms with van der Waals surface area (Å²) in [6.07, 6.45) is 1.21. The van der Waals surface area contributed by atoms with Crippen molar-refractivity contribution in [2.24, 2.45) is 0 Å². The summed E-state index contributed by atoms with van der Waals surface area (Å²) in [5.41, 5.74) is -0.125. The molecule has 1 N–H and O–H groups in total. The van der Waals surface area contributed by atoms with Gasteiger partial charge in [-0.1, -0.05) is 0 Å². The summed E-state index contributed by atoms with van der Waals surface area (Å²) in [4.78, 5) is 10.7. The van der Waals surface area contributed by atoms with Crippen LogP contribution in [0.3, 0.4) is 0 Å². The molecule has 1 rings (SSSR count). The van der Waals surface area contributed by atoms with Crippen LogP contribution < -0.4 is 9.47 Å². The van der Waals surface area contributed by atoms with Gasteiger partial charge in [0, 0.05) is 0 Å². The Morgan fingerprint density at radius 1 is 1.46 bits per heavy atom. The molecule has 0 aliphatic carbocycles. The number of methoxy groups -OCH3 is 2.